The van der Waals surface area contributed by atoms with Crippen LogP contribution in [0.2, 0.25) is 0 Å². The quantitative estimate of drug-likeness (QED) is 0.535. The topological polar surface area (TPSA) is 113 Å². The standard InChI is InChI=1S/C7H13N5O2S/c8-3-5-4-9-10-7(5)12-15(13,14)11-6-1-2-6/h4,6,11H,1-3,8H2,(H2,9,10,12). The van der Waals surface area contributed by atoms with E-state index >= 15 is 0 Å². The molecule has 0 radical (unpaired) electrons. The fourth-order valence-electron chi connectivity index (χ4n) is 1.14. The summed E-state index contributed by atoms with van der Waals surface area (Å²) < 4.78 is 27.9. The van der Waals surface area contributed by atoms with Crippen molar-refractivity contribution in [3.63, 3.8) is 0 Å². The van der Waals surface area contributed by atoms with Crippen molar-refractivity contribution in [2.45, 2.75) is 25.4 Å². The summed E-state index contributed by atoms with van der Waals surface area (Å²) in [5.74, 6) is 0.325. The monoisotopic (exact) mass is 231 g/mol. The minimum atomic E-state index is -3.50. The lowest BCUT2D eigenvalue weighted by Crippen LogP contribution is -2.32. The maximum Gasteiger partial charge on any atom is 0.300 e. The van der Waals surface area contributed by atoms with Crippen LogP contribution in [-0.2, 0) is 16.8 Å². The van der Waals surface area contributed by atoms with Gasteiger partial charge in [0.15, 0.2) is 0 Å². The third-order valence-electron chi connectivity index (χ3n) is 2.07. The molecule has 1 aromatic heterocycles. The average Bonchev–Trinajstić information content (AvgIpc) is 2.82. The molecule has 0 spiro atoms. The van der Waals surface area contributed by atoms with Gasteiger partial charge in [0.1, 0.15) is 5.82 Å². The molecule has 1 fully saturated rings. The minimum Gasteiger partial charge on any atom is -0.326 e. The van der Waals surface area contributed by atoms with Crippen LogP contribution in [0.3, 0.4) is 0 Å². The van der Waals surface area contributed by atoms with Crippen molar-refractivity contribution in [2.24, 2.45) is 5.73 Å². The van der Waals surface area contributed by atoms with Crippen molar-refractivity contribution in [3.8, 4) is 0 Å². The lowest BCUT2D eigenvalue weighted by atomic mass is 10.3. The van der Waals surface area contributed by atoms with Crippen molar-refractivity contribution in [1.82, 2.24) is 14.9 Å². The van der Waals surface area contributed by atoms with Crippen molar-refractivity contribution in [3.05, 3.63) is 11.8 Å². The van der Waals surface area contributed by atoms with E-state index in [1.807, 2.05) is 0 Å². The zero-order valence-corrected chi connectivity index (χ0v) is 8.84. The van der Waals surface area contributed by atoms with Crippen molar-refractivity contribution in [2.75, 3.05) is 4.72 Å². The molecule has 5 N–H and O–H groups in total. The molecule has 1 saturated carbocycles. The summed E-state index contributed by atoms with van der Waals surface area (Å²) in [5.41, 5.74) is 6.05. The molecule has 15 heavy (non-hydrogen) atoms. The van der Waals surface area contributed by atoms with Crippen molar-refractivity contribution < 1.29 is 8.42 Å². The molecule has 84 valence electrons. The molecule has 0 atom stereocenters. The summed E-state index contributed by atoms with van der Waals surface area (Å²) in [6, 6.07) is 0.0757. The Morgan fingerprint density at radius 2 is 2.33 bits per heavy atom. The van der Waals surface area contributed by atoms with Gasteiger partial charge in [-0.1, -0.05) is 0 Å². The number of hydrogen-bond acceptors (Lipinski definition) is 4. The van der Waals surface area contributed by atoms with E-state index in [4.69, 9.17) is 5.73 Å². The highest BCUT2D eigenvalue weighted by molar-refractivity contribution is 7.90. The second kappa shape index (κ2) is 3.80. The van der Waals surface area contributed by atoms with Gasteiger partial charge in [-0.05, 0) is 12.8 Å². The van der Waals surface area contributed by atoms with Gasteiger partial charge in [-0.25, -0.2) is 0 Å². The highest BCUT2D eigenvalue weighted by atomic mass is 32.2. The molecule has 8 heteroatoms. The third kappa shape index (κ3) is 2.67. The zero-order valence-electron chi connectivity index (χ0n) is 8.03. The number of rotatable bonds is 5. The van der Waals surface area contributed by atoms with E-state index in [1.165, 1.54) is 6.20 Å². The molecular formula is C7H13N5O2S. The third-order valence-corrected chi connectivity index (χ3v) is 3.19. The van der Waals surface area contributed by atoms with Crippen LogP contribution in [0.25, 0.3) is 0 Å². The van der Waals surface area contributed by atoms with Crippen molar-refractivity contribution >= 4 is 16.0 Å². The Bertz CT molecular complexity index is 436. The molecule has 0 saturated heterocycles. The first-order valence-corrected chi connectivity index (χ1v) is 6.11. The van der Waals surface area contributed by atoms with Crippen LogP contribution in [0.15, 0.2) is 6.20 Å². The van der Waals surface area contributed by atoms with E-state index in [2.05, 4.69) is 19.6 Å². The van der Waals surface area contributed by atoms with Gasteiger partial charge in [-0.2, -0.15) is 18.2 Å². The van der Waals surface area contributed by atoms with Crippen LogP contribution < -0.4 is 15.2 Å². The van der Waals surface area contributed by atoms with E-state index < -0.39 is 10.2 Å². The normalized spacial score (nSPS) is 16.6. The number of nitrogens with zero attached hydrogens (tertiary/aromatic N) is 1. The Hall–Kier alpha value is -1.12. The predicted octanol–water partition coefficient (Wildman–Crippen LogP) is -0.723. The summed E-state index contributed by atoms with van der Waals surface area (Å²) in [5, 5.41) is 6.26. The van der Waals surface area contributed by atoms with Gasteiger partial charge in [0, 0.05) is 18.2 Å². The molecule has 0 bridgehead atoms. The molecule has 1 aromatic rings. The van der Waals surface area contributed by atoms with E-state index in [0.29, 0.717) is 11.4 Å². The lowest BCUT2D eigenvalue weighted by molar-refractivity contribution is 0.586. The van der Waals surface area contributed by atoms with Crippen LogP contribution in [0.1, 0.15) is 18.4 Å². The molecule has 0 aliphatic heterocycles. The maximum atomic E-state index is 11.5. The number of H-pyrrole nitrogens is 1. The number of anilines is 1. The molecule has 7 nitrogen and oxygen atoms in total. The van der Waals surface area contributed by atoms with Gasteiger partial charge in [0.05, 0.1) is 6.20 Å². The van der Waals surface area contributed by atoms with Crippen LogP contribution in [0, 0.1) is 0 Å². The lowest BCUT2D eigenvalue weighted by Gasteiger charge is -2.07. The Labute approximate surface area is 87.6 Å². The number of hydrogen-bond donors (Lipinski definition) is 4. The van der Waals surface area contributed by atoms with E-state index in [1.54, 1.807) is 0 Å². The Morgan fingerprint density at radius 3 is 2.93 bits per heavy atom. The van der Waals surface area contributed by atoms with Gasteiger partial charge in [-0.15, -0.1) is 0 Å². The van der Waals surface area contributed by atoms with Gasteiger partial charge < -0.3 is 5.73 Å². The Kier molecular flexibility index (Phi) is 2.63. The van der Waals surface area contributed by atoms with Crippen LogP contribution in [0.5, 0.6) is 0 Å². The number of aromatic nitrogens is 2. The average molecular weight is 231 g/mol. The molecule has 1 aliphatic carbocycles. The van der Waals surface area contributed by atoms with Crippen LogP contribution >= 0.6 is 0 Å². The molecule has 1 heterocycles. The number of nitrogens with one attached hydrogen (secondary N) is 3. The Balaban J connectivity index is 2.06. The first kappa shape index (κ1) is 10.4. The number of nitrogens with two attached hydrogens (primary N) is 1. The summed E-state index contributed by atoms with van der Waals surface area (Å²) in [7, 11) is -3.50. The summed E-state index contributed by atoms with van der Waals surface area (Å²) in [6.07, 6.45) is 3.29. The fraction of sp³-hybridized carbons (Fsp3) is 0.571. The van der Waals surface area contributed by atoms with Crippen LogP contribution in [-0.4, -0.2) is 24.7 Å². The first-order chi connectivity index (χ1) is 7.11. The largest absolute Gasteiger partial charge is 0.326 e. The van der Waals surface area contributed by atoms with E-state index in [0.717, 1.165) is 12.8 Å². The smallest absolute Gasteiger partial charge is 0.300 e. The van der Waals surface area contributed by atoms with Gasteiger partial charge in [-0.3, -0.25) is 9.82 Å². The molecule has 2 rings (SSSR count). The molecule has 0 unspecified atom stereocenters. The zero-order chi connectivity index (χ0) is 10.9. The molecule has 0 amide bonds. The van der Waals surface area contributed by atoms with E-state index in [9.17, 15) is 8.42 Å². The van der Waals surface area contributed by atoms with Crippen LogP contribution in [0.4, 0.5) is 5.82 Å². The van der Waals surface area contributed by atoms with E-state index in [-0.39, 0.29) is 12.6 Å². The first-order valence-electron chi connectivity index (χ1n) is 4.63. The van der Waals surface area contributed by atoms with Crippen molar-refractivity contribution in [1.29, 1.82) is 0 Å². The highest BCUT2D eigenvalue weighted by Gasteiger charge is 2.27. The molecular weight excluding hydrogens is 218 g/mol. The predicted molar refractivity (Wildman–Crippen MR) is 55.2 cm³/mol. The summed E-state index contributed by atoms with van der Waals surface area (Å²) in [4.78, 5) is 0. The Morgan fingerprint density at radius 1 is 1.60 bits per heavy atom. The SMILES string of the molecule is NCc1cn[nH]c1NS(=O)(=O)NC1CC1. The van der Waals surface area contributed by atoms with Gasteiger partial charge >= 0.3 is 10.2 Å². The highest BCUT2D eigenvalue weighted by Crippen LogP contribution is 2.20. The second-order valence-electron chi connectivity index (χ2n) is 3.47. The summed E-state index contributed by atoms with van der Waals surface area (Å²) in [6.45, 7) is 0.234. The molecule has 1 aliphatic rings. The number of aromatic amines is 1. The second-order valence-corrected chi connectivity index (χ2v) is 4.92. The fourth-order valence-corrected chi connectivity index (χ4v) is 2.32. The minimum absolute atomic E-state index is 0.0757. The van der Waals surface area contributed by atoms with Gasteiger partial charge in [0.2, 0.25) is 0 Å². The summed E-state index contributed by atoms with van der Waals surface area (Å²) >= 11 is 0. The maximum absolute atomic E-state index is 11.5. The van der Waals surface area contributed by atoms with Gasteiger partial charge in [0.25, 0.3) is 0 Å². The molecule has 0 aromatic carbocycles.